The van der Waals surface area contributed by atoms with E-state index in [2.05, 4.69) is 26.0 Å². The first-order chi connectivity index (χ1) is 12.1. The normalized spacial score (nSPS) is 21.4. The molecular weight excluding hydrogens is 328 g/mol. The topological polar surface area (TPSA) is 66.8 Å². The monoisotopic (exact) mass is 358 g/mol. The van der Waals surface area contributed by atoms with Crippen LogP contribution in [0.2, 0.25) is 0 Å². The molecule has 1 aliphatic heterocycles. The number of hydrogen-bond donors (Lipinski definition) is 2. The largest absolute Gasteiger partial charge is 0.484 e. The number of allylic oxidation sites excluding steroid dienone is 4. The second kappa shape index (κ2) is 8.09. The van der Waals surface area contributed by atoms with Crippen molar-refractivity contribution in [3.05, 3.63) is 52.1 Å². The third-order valence-electron chi connectivity index (χ3n) is 4.87. The van der Waals surface area contributed by atoms with Crippen molar-refractivity contribution in [2.24, 2.45) is 0 Å². The van der Waals surface area contributed by atoms with Crippen molar-refractivity contribution in [3.63, 3.8) is 0 Å². The summed E-state index contributed by atoms with van der Waals surface area (Å²) in [5.74, 6) is -0.227. The number of aromatic carboxylic acids is 1. The standard InChI is InChI=1S/C22H30O4/c1-14(2)7-6-10-22(5)19(23)13-17-12-18(21(24)25)11-16(20(17)26-22)9-8-15(3)4/h7-8,11-12,19,23H,6,9-10,13H2,1-5H3,(H,24,25). The predicted octanol–water partition coefficient (Wildman–Crippen LogP) is 4.69. The molecule has 0 aromatic heterocycles. The number of aliphatic hydroxyl groups is 1. The lowest BCUT2D eigenvalue weighted by Gasteiger charge is -2.41. The van der Waals surface area contributed by atoms with Gasteiger partial charge in [-0.25, -0.2) is 4.79 Å². The number of fused-ring (bicyclic) bond motifs is 1. The summed E-state index contributed by atoms with van der Waals surface area (Å²) >= 11 is 0. The Balaban J connectivity index is 2.41. The van der Waals surface area contributed by atoms with Crippen LogP contribution >= 0.6 is 0 Å². The zero-order chi connectivity index (χ0) is 19.5. The maximum absolute atomic E-state index is 11.5. The van der Waals surface area contributed by atoms with Gasteiger partial charge in [0.1, 0.15) is 11.4 Å². The van der Waals surface area contributed by atoms with E-state index in [1.165, 1.54) is 11.1 Å². The summed E-state index contributed by atoms with van der Waals surface area (Å²) in [5.41, 5.74) is 3.61. The Morgan fingerprint density at radius 3 is 2.46 bits per heavy atom. The van der Waals surface area contributed by atoms with Crippen LogP contribution in [0.15, 0.2) is 35.4 Å². The summed E-state index contributed by atoms with van der Waals surface area (Å²) in [7, 11) is 0. The van der Waals surface area contributed by atoms with Gasteiger partial charge >= 0.3 is 5.97 Å². The zero-order valence-corrected chi connectivity index (χ0v) is 16.4. The van der Waals surface area contributed by atoms with E-state index in [0.29, 0.717) is 19.3 Å². The second-order valence-corrected chi connectivity index (χ2v) is 7.87. The fourth-order valence-electron chi connectivity index (χ4n) is 3.22. The maximum atomic E-state index is 11.5. The highest BCUT2D eigenvalue weighted by molar-refractivity contribution is 5.88. The second-order valence-electron chi connectivity index (χ2n) is 7.87. The Bertz CT molecular complexity index is 737. The van der Waals surface area contributed by atoms with Gasteiger partial charge in [0, 0.05) is 6.42 Å². The number of aliphatic hydroxyl groups excluding tert-OH is 1. The van der Waals surface area contributed by atoms with Crippen molar-refractivity contribution in [1.82, 2.24) is 0 Å². The van der Waals surface area contributed by atoms with E-state index in [4.69, 9.17) is 4.74 Å². The van der Waals surface area contributed by atoms with Gasteiger partial charge in [-0.2, -0.15) is 0 Å². The van der Waals surface area contributed by atoms with Crippen LogP contribution in [0.1, 0.15) is 68.9 Å². The third-order valence-corrected chi connectivity index (χ3v) is 4.87. The van der Waals surface area contributed by atoms with Gasteiger partial charge < -0.3 is 14.9 Å². The molecule has 0 radical (unpaired) electrons. The summed E-state index contributed by atoms with van der Waals surface area (Å²) in [4.78, 5) is 11.5. The Labute approximate surface area is 156 Å². The highest BCUT2D eigenvalue weighted by Gasteiger charge is 2.40. The van der Waals surface area contributed by atoms with E-state index >= 15 is 0 Å². The molecule has 4 heteroatoms. The minimum atomic E-state index is -0.961. The van der Waals surface area contributed by atoms with E-state index in [0.717, 1.165) is 23.3 Å². The molecule has 0 fully saturated rings. The first-order valence-corrected chi connectivity index (χ1v) is 9.15. The van der Waals surface area contributed by atoms with Crippen LogP contribution in [-0.4, -0.2) is 27.9 Å². The van der Waals surface area contributed by atoms with Crippen LogP contribution in [-0.2, 0) is 12.8 Å². The highest BCUT2D eigenvalue weighted by Crippen LogP contribution is 2.39. The quantitative estimate of drug-likeness (QED) is 0.724. The Hall–Kier alpha value is -2.07. The number of carbonyl (C=O) groups is 1. The van der Waals surface area contributed by atoms with Gasteiger partial charge in [0.15, 0.2) is 0 Å². The number of ether oxygens (including phenoxy) is 1. The van der Waals surface area contributed by atoms with Crippen molar-refractivity contribution in [2.75, 3.05) is 0 Å². The Kier molecular flexibility index (Phi) is 6.30. The zero-order valence-electron chi connectivity index (χ0n) is 16.4. The molecule has 26 heavy (non-hydrogen) atoms. The van der Waals surface area contributed by atoms with E-state index < -0.39 is 17.7 Å². The molecule has 0 aliphatic carbocycles. The molecule has 2 atom stereocenters. The lowest BCUT2D eigenvalue weighted by atomic mass is 9.84. The Morgan fingerprint density at radius 2 is 1.88 bits per heavy atom. The lowest BCUT2D eigenvalue weighted by Crippen LogP contribution is -2.49. The summed E-state index contributed by atoms with van der Waals surface area (Å²) < 4.78 is 6.31. The van der Waals surface area contributed by atoms with Crippen LogP contribution in [0.5, 0.6) is 5.75 Å². The Morgan fingerprint density at radius 1 is 1.23 bits per heavy atom. The molecular formula is C22H30O4. The number of rotatable bonds is 6. The summed E-state index contributed by atoms with van der Waals surface area (Å²) in [6, 6.07) is 3.32. The summed E-state index contributed by atoms with van der Waals surface area (Å²) in [6.45, 7) is 10.1. The fourth-order valence-corrected chi connectivity index (χ4v) is 3.22. The molecule has 142 valence electrons. The van der Waals surface area contributed by atoms with Crippen LogP contribution in [0.25, 0.3) is 0 Å². The van der Waals surface area contributed by atoms with Gasteiger partial charge in [0.2, 0.25) is 0 Å². The van der Waals surface area contributed by atoms with E-state index in [-0.39, 0.29) is 5.56 Å². The van der Waals surface area contributed by atoms with Gasteiger partial charge in [0.05, 0.1) is 11.7 Å². The van der Waals surface area contributed by atoms with Gasteiger partial charge in [-0.15, -0.1) is 0 Å². The molecule has 0 spiro atoms. The molecule has 0 bridgehead atoms. The average molecular weight is 358 g/mol. The smallest absolute Gasteiger partial charge is 0.335 e. The molecule has 0 saturated heterocycles. The number of benzene rings is 1. The number of hydrogen-bond acceptors (Lipinski definition) is 3. The molecule has 1 aromatic carbocycles. The van der Waals surface area contributed by atoms with Crippen molar-refractivity contribution in [3.8, 4) is 5.75 Å². The third kappa shape index (κ3) is 4.76. The molecule has 1 aromatic rings. The summed E-state index contributed by atoms with van der Waals surface area (Å²) in [5, 5.41) is 20.1. The SMILES string of the molecule is CC(C)=CCCC1(C)Oc2c(CC=C(C)C)cc(C(=O)O)cc2CC1O. The maximum Gasteiger partial charge on any atom is 0.335 e. The van der Waals surface area contributed by atoms with E-state index in [1.807, 2.05) is 20.8 Å². The first kappa shape index (κ1) is 20.2. The molecule has 4 nitrogen and oxygen atoms in total. The van der Waals surface area contributed by atoms with Crippen LogP contribution in [0.3, 0.4) is 0 Å². The average Bonchev–Trinajstić information content (AvgIpc) is 2.53. The van der Waals surface area contributed by atoms with Crippen molar-refractivity contribution in [1.29, 1.82) is 0 Å². The molecule has 0 amide bonds. The van der Waals surface area contributed by atoms with Gasteiger partial charge in [0.25, 0.3) is 0 Å². The predicted molar refractivity (Wildman–Crippen MR) is 104 cm³/mol. The van der Waals surface area contributed by atoms with Gasteiger partial charge in [-0.1, -0.05) is 23.3 Å². The minimum absolute atomic E-state index is 0.241. The van der Waals surface area contributed by atoms with Gasteiger partial charge in [-0.3, -0.25) is 0 Å². The van der Waals surface area contributed by atoms with Crippen molar-refractivity contribution >= 4 is 5.97 Å². The summed E-state index contributed by atoms with van der Waals surface area (Å²) in [6.07, 6.45) is 6.12. The number of carboxylic acid groups (broad SMARTS) is 1. The lowest BCUT2D eigenvalue weighted by molar-refractivity contribution is -0.0592. The molecule has 2 N–H and O–H groups in total. The van der Waals surface area contributed by atoms with Crippen LogP contribution in [0, 0.1) is 0 Å². The van der Waals surface area contributed by atoms with Gasteiger partial charge in [-0.05, 0) is 77.1 Å². The molecule has 1 heterocycles. The fraction of sp³-hybridized carbons (Fsp3) is 0.500. The van der Waals surface area contributed by atoms with Crippen molar-refractivity contribution < 1.29 is 19.7 Å². The van der Waals surface area contributed by atoms with E-state index in [1.54, 1.807) is 12.1 Å². The van der Waals surface area contributed by atoms with Crippen LogP contribution in [0.4, 0.5) is 0 Å². The molecule has 2 rings (SSSR count). The first-order valence-electron chi connectivity index (χ1n) is 9.15. The number of carboxylic acids is 1. The minimum Gasteiger partial charge on any atom is -0.484 e. The molecule has 0 saturated carbocycles. The molecule has 1 aliphatic rings. The van der Waals surface area contributed by atoms with Crippen molar-refractivity contribution in [2.45, 2.75) is 72.0 Å². The van der Waals surface area contributed by atoms with E-state index in [9.17, 15) is 15.0 Å². The van der Waals surface area contributed by atoms with Crippen LogP contribution < -0.4 is 4.74 Å². The molecule has 2 unspecified atom stereocenters. The highest BCUT2D eigenvalue weighted by atomic mass is 16.5.